The molecule has 0 saturated heterocycles. The fraction of sp³-hybridized carbons (Fsp3) is 0.667. The Kier molecular flexibility index (Phi) is 4.00. The fourth-order valence-corrected chi connectivity index (χ4v) is 6.46. The van der Waals surface area contributed by atoms with Crippen LogP contribution in [0.1, 0.15) is 41.5 Å². The van der Waals surface area contributed by atoms with E-state index in [1.807, 2.05) is 0 Å². The molecule has 0 aliphatic heterocycles. The van der Waals surface area contributed by atoms with Gasteiger partial charge in [-0.2, -0.15) is 0 Å². The fourth-order valence-electron chi connectivity index (χ4n) is 1.29. The normalized spacial score (nSPS) is 14.6. The molecule has 0 radical (unpaired) electrons. The van der Waals surface area contributed by atoms with Gasteiger partial charge in [0, 0.05) is 0 Å². The molecule has 0 amide bonds. The predicted molar refractivity (Wildman–Crippen MR) is 78.2 cm³/mol. The summed E-state index contributed by atoms with van der Waals surface area (Å²) < 4.78 is 47.7. The molecule has 7 heteroatoms. The standard InChI is InChI=1S/C12H20O4S3/c1-11(2,3)18(13,14)9-7-8-17-10(9)19(15,16)12(4,5)6/h7-8H,1-6H3. The predicted octanol–water partition coefficient (Wildman–Crippen LogP) is 2.89. The third kappa shape index (κ3) is 2.73. The molecule has 0 fully saturated rings. The van der Waals surface area contributed by atoms with E-state index in [1.54, 1.807) is 41.5 Å². The first-order chi connectivity index (χ1) is 8.23. The third-order valence-corrected chi connectivity index (χ3v) is 9.51. The van der Waals surface area contributed by atoms with Crippen LogP contribution in [0.3, 0.4) is 0 Å². The number of rotatable bonds is 2. The van der Waals surface area contributed by atoms with Crippen molar-refractivity contribution in [3.05, 3.63) is 11.4 Å². The summed E-state index contributed by atoms with van der Waals surface area (Å²) in [5, 5.41) is 1.51. The van der Waals surface area contributed by atoms with E-state index >= 15 is 0 Å². The van der Waals surface area contributed by atoms with Crippen molar-refractivity contribution in [3.8, 4) is 0 Å². The third-order valence-electron chi connectivity index (χ3n) is 2.74. The highest BCUT2D eigenvalue weighted by Gasteiger charge is 2.40. The van der Waals surface area contributed by atoms with Gasteiger partial charge < -0.3 is 0 Å². The van der Waals surface area contributed by atoms with Crippen molar-refractivity contribution < 1.29 is 16.8 Å². The minimum Gasteiger partial charge on any atom is -0.223 e. The van der Waals surface area contributed by atoms with Gasteiger partial charge in [-0.05, 0) is 53.0 Å². The molecule has 0 aromatic carbocycles. The smallest absolute Gasteiger partial charge is 0.193 e. The molecule has 0 aliphatic rings. The summed E-state index contributed by atoms with van der Waals surface area (Å²) in [6, 6.07) is 1.38. The Labute approximate surface area is 119 Å². The highest BCUT2D eigenvalue weighted by atomic mass is 32.2. The average Bonchev–Trinajstić information content (AvgIpc) is 2.62. The summed E-state index contributed by atoms with van der Waals surface area (Å²) in [5.41, 5.74) is 0. The molecular formula is C12H20O4S3. The zero-order valence-electron chi connectivity index (χ0n) is 12.0. The summed E-state index contributed by atoms with van der Waals surface area (Å²) in [5.74, 6) is 0. The van der Waals surface area contributed by atoms with Crippen molar-refractivity contribution in [2.75, 3.05) is 0 Å². The van der Waals surface area contributed by atoms with E-state index in [0.717, 1.165) is 11.3 Å². The van der Waals surface area contributed by atoms with Gasteiger partial charge in [-0.25, -0.2) is 16.8 Å². The molecule has 0 aliphatic carbocycles. The maximum Gasteiger partial charge on any atom is 0.193 e. The van der Waals surface area contributed by atoms with E-state index in [0.29, 0.717) is 0 Å². The topological polar surface area (TPSA) is 68.3 Å². The molecule has 1 aromatic rings. The van der Waals surface area contributed by atoms with Gasteiger partial charge in [0.15, 0.2) is 19.7 Å². The summed E-state index contributed by atoms with van der Waals surface area (Å²) in [6.45, 7) is 9.38. The molecule has 110 valence electrons. The molecule has 1 aromatic heterocycles. The second kappa shape index (κ2) is 4.56. The number of hydrogen-bond donors (Lipinski definition) is 0. The van der Waals surface area contributed by atoms with Crippen LogP contribution in [0.5, 0.6) is 0 Å². The SMILES string of the molecule is CC(C)(C)S(=O)(=O)c1ccsc1S(=O)(=O)C(C)(C)C. The van der Waals surface area contributed by atoms with Gasteiger partial charge >= 0.3 is 0 Å². The van der Waals surface area contributed by atoms with Crippen LogP contribution in [0.2, 0.25) is 0 Å². The molecule has 1 rings (SSSR count). The molecule has 1 heterocycles. The largest absolute Gasteiger partial charge is 0.223 e. The van der Waals surface area contributed by atoms with Gasteiger partial charge in [0.2, 0.25) is 0 Å². The minimum atomic E-state index is -3.68. The van der Waals surface area contributed by atoms with E-state index in [-0.39, 0.29) is 9.10 Å². The molecule has 0 N–H and O–H groups in total. The number of hydrogen-bond acceptors (Lipinski definition) is 5. The monoisotopic (exact) mass is 324 g/mol. The van der Waals surface area contributed by atoms with E-state index in [1.165, 1.54) is 11.4 Å². The Morgan fingerprint density at radius 2 is 1.26 bits per heavy atom. The number of sulfone groups is 2. The Morgan fingerprint density at radius 3 is 1.63 bits per heavy atom. The molecule has 0 spiro atoms. The van der Waals surface area contributed by atoms with Crippen molar-refractivity contribution in [2.45, 2.75) is 60.1 Å². The quantitative estimate of drug-likeness (QED) is 0.839. The molecule has 0 saturated carbocycles. The van der Waals surface area contributed by atoms with Crippen LogP contribution < -0.4 is 0 Å². The van der Waals surface area contributed by atoms with Gasteiger partial charge in [0.25, 0.3) is 0 Å². The number of thiophene rings is 1. The Hall–Kier alpha value is -0.400. The average molecular weight is 324 g/mol. The summed E-state index contributed by atoms with van der Waals surface area (Å²) in [7, 11) is -7.34. The van der Waals surface area contributed by atoms with E-state index in [4.69, 9.17) is 0 Å². The van der Waals surface area contributed by atoms with Crippen LogP contribution in [0, 0.1) is 0 Å². The minimum absolute atomic E-state index is 0.0603. The maximum absolute atomic E-state index is 12.5. The molecular weight excluding hydrogens is 304 g/mol. The lowest BCUT2D eigenvalue weighted by molar-refractivity contribution is 0.549. The van der Waals surface area contributed by atoms with Crippen molar-refractivity contribution in [3.63, 3.8) is 0 Å². The second-order valence-electron chi connectivity index (χ2n) is 6.30. The summed E-state index contributed by atoms with van der Waals surface area (Å²) in [6.07, 6.45) is 0. The van der Waals surface area contributed by atoms with Gasteiger partial charge in [-0.3, -0.25) is 0 Å². The summed E-state index contributed by atoms with van der Waals surface area (Å²) in [4.78, 5) is -0.0834. The zero-order chi connectivity index (χ0) is 15.3. The van der Waals surface area contributed by atoms with Crippen LogP contribution in [0.4, 0.5) is 0 Å². The molecule has 0 bridgehead atoms. The van der Waals surface area contributed by atoms with Crippen LogP contribution in [-0.4, -0.2) is 26.3 Å². The van der Waals surface area contributed by atoms with Crippen molar-refractivity contribution >= 4 is 31.0 Å². The second-order valence-corrected chi connectivity index (χ2v) is 12.8. The van der Waals surface area contributed by atoms with E-state index in [9.17, 15) is 16.8 Å². The molecule has 0 unspecified atom stereocenters. The van der Waals surface area contributed by atoms with Crippen LogP contribution in [0.25, 0.3) is 0 Å². The maximum atomic E-state index is 12.5. The Bertz CT molecular complexity index is 607. The molecule has 19 heavy (non-hydrogen) atoms. The van der Waals surface area contributed by atoms with Gasteiger partial charge in [0.1, 0.15) is 4.21 Å². The lowest BCUT2D eigenvalue weighted by Crippen LogP contribution is -2.32. The lowest BCUT2D eigenvalue weighted by Gasteiger charge is -2.22. The first-order valence-electron chi connectivity index (χ1n) is 5.79. The molecule has 4 nitrogen and oxygen atoms in total. The van der Waals surface area contributed by atoms with Gasteiger partial charge in [0.05, 0.1) is 14.4 Å². The van der Waals surface area contributed by atoms with Crippen molar-refractivity contribution in [1.29, 1.82) is 0 Å². The van der Waals surface area contributed by atoms with Crippen molar-refractivity contribution in [1.82, 2.24) is 0 Å². The first kappa shape index (κ1) is 16.7. The van der Waals surface area contributed by atoms with Crippen LogP contribution in [-0.2, 0) is 19.7 Å². The molecule has 0 atom stereocenters. The lowest BCUT2D eigenvalue weighted by atomic mass is 10.3. The zero-order valence-corrected chi connectivity index (χ0v) is 14.5. The van der Waals surface area contributed by atoms with Crippen LogP contribution >= 0.6 is 11.3 Å². The van der Waals surface area contributed by atoms with Gasteiger partial charge in [-0.15, -0.1) is 11.3 Å². The van der Waals surface area contributed by atoms with E-state index in [2.05, 4.69) is 0 Å². The van der Waals surface area contributed by atoms with Gasteiger partial charge in [-0.1, -0.05) is 0 Å². The van der Waals surface area contributed by atoms with Crippen LogP contribution in [0.15, 0.2) is 20.6 Å². The highest BCUT2D eigenvalue weighted by Crippen LogP contribution is 2.37. The Balaban J connectivity index is 3.62. The van der Waals surface area contributed by atoms with E-state index < -0.39 is 29.2 Å². The first-order valence-corrected chi connectivity index (χ1v) is 9.64. The summed E-state index contributed by atoms with van der Waals surface area (Å²) >= 11 is 0.959. The Morgan fingerprint density at radius 1 is 0.842 bits per heavy atom. The highest BCUT2D eigenvalue weighted by molar-refractivity contribution is 7.97. The van der Waals surface area contributed by atoms with Crippen molar-refractivity contribution in [2.24, 2.45) is 0 Å².